The second kappa shape index (κ2) is 3.90. The van der Waals surface area contributed by atoms with Gasteiger partial charge in [0.1, 0.15) is 6.26 Å². The summed E-state index contributed by atoms with van der Waals surface area (Å²) < 4.78 is 5.41. The van der Waals surface area contributed by atoms with Crippen molar-refractivity contribution in [2.24, 2.45) is 0 Å². The average Bonchev–Trinajstić information content (AvgIpc) is 2.70. The van der Waals surface area contributed by atoms with E-state index in [1.54, 1.807) is 18.4 Å². The maximum absolute atomic E-state index is 11.8. The van der Waals surface area contributed by atoms with Gasteiger partial charge in [-0.15, -0.1) is 0 Å². The molecule has 0 amide bonds. The van der Waals surface area contributed by atoms with Gasteiger partial charge in [0, 0.05) is 11.8 Å². The molecule has 1 aromatic rings. The third-order valence-electron chi connectivity index (χ3n) is 3.76. The zero-order chi connectivity index (χ0) is 13.7. The SMILES string of the molecule is O=C1C=c2ccc3c4ccc(=O)c-4cocc3c2=CC1. The Morgan fingerprint density at radius 1 is 0.900 bits per heavy atom. The molecule has 2 aliphatic carbocycles. The molecular formula is C17H10O3. The Morgan fingerprint density at radius 3 is 2.70 bits per heavy atom. The van der Waals surface area contributed by atoms with Crippen LogP contribution in [-0.2, 0) is 4.79 Å². The normalized spacial score (nSPS) is 13.9. The van der Waals surface area contributed by atoms with Crippen LogP contribution >= 0.6 is 0 Å². The summed E-state index contributed by atoms with van der Waals surface area (Å²) in [6.07, 6.45) is 7.11. The van der Waals surface area contributed by atoms with Gasteiger partial charge in [-0.3, -0.25) is 9.59 Å². The van der Waals surface area contributed by atoms with Crippen LogP contribution in [0, 0.1) is 0 Å². The first-order valence-corrected chi connectivity index (χ1v) is 6.41. The van der Waals surface area contributed by atoms with Gasteiger partial charge in [0.05, 0.1) is 11.8 Å². The number of hydrogen-bond acceptors (Lipinski definition) is 3. The standard InChI is InChI=1S/C17H10O3/c18-11-2-4-12-10(7-11)1-3-13-14-5-6-17(19)16(14)9-20-8-15(12)13/h1,3-9H,2H2. The molecule has 20 heavy (non-hydrogen) atoms. The molecule has 3 aliphatic rings. The van der Waals surface area contributed by atoms with Crippen molar-refractivity contribution in [3.8, 4) is 11.1 Å². The van der Waals surface area contributed by atoms with E-state index >= 15 is 0 Å². The van der Waals surface area contributed by atoms with Crippen LogP contribution < -0.4 is 15.9 Å². The Morgan fingerprint density at radius 2 is 1.80 bits per heavy atom. The summed E-state index contributed by atoms with van der Waals surface area (Å²) in [6.45, 7) is 0. The van der Waals surface area contributed by atoms with E-state index in [1.807, 2.05) is 24.3 Å². The molecule has 0 N–H and O–H groups in total. The smallest absolute Gasteiger partial charge is 0.189 e. The first-order chi connectivity index (χ1) is 9.74. The van der Waals surface area contributed by atoms with Gasteiger partial charge in [-0.2, -0.15) is 0 Å². The molecule has 1 heterocycles. The van der Waals surface area contributed by atoms with E-state index in [1.165, 1.54) is 6.26 Å². The van der Waals surface area contributed by atoms with Crippen molar-refractivity contribution in [3.63, 3.8) is 0 Å². The van der Waals surface area contributed by atoms with Crippen LogP contribution in [0.4, 0.5) is 0 Å². The molecule has 96 valence electrons. The van der Waals surface area contributed by atoms with Crippen LogP contribution in [0.1, 0.15) is 6.42 Å². The number of carbonyl (C=O) groups excluding carboxylic acids is 1. The maximum Gasteiger partial charge on any atom is 0.189 e. The van der Waals surface area contributed by atoms with Crippen molar-refractivity contribution < 1.29 is 9.21 Å². The van der Waals surface area contributed by atoms with Crippen molar-refractivity contribution in [3.05, 3.63) is 57.5 Å². The highest BCUT2D eigenvalue weighted by atomic mass is 16.3. The van der Waals surface area contributed by atoms with Crippen LogP contribution in [0.3, 0.4) is 0 Å². The predicted octanol–water partition coefficient (Wildman–Crippen LogP) is 1.43. The Hall–Kier alpha value is -2.68. The minimum Gasteiger partial charge on any atom is -0.471 e. The predicted molar refractivity (Wildman–Crippen MR) is 76.9 cm³/mol. The molecule has 1 aromatic carbocycles. The van der Waals surface area contributed by atoms with E-state index in [2.05, 4.69) is 0 Å². The number of fused-ring (bicyclic) bond motifs is 5. The number of hydrogen-bond donors (Lipinski definition) is 0. The topological polar surface area (TPSA) is 47.3 Å². The molecule has 0 radical (unpaired) electrons. The van der Waals surface area contributed by atoms with Crippen molar-refractivity contribution in [2.75, 3.05) is 0 Å². The second-order valence-electron chi connectivity index (χ2n) is 4.95. The van der Waals surface area contributed by atoms with Gasteiger partial charge in [-0.05, 0) is 39.6 Å². The fourth-order valence-electron chi connectivity index (χ4n) is 2.80. The van der Waals surface area contributed by atoms with Crippen LogP contribution in [-0.4, -0.2) is 5.78 Å². The zero-order valence-corrected chi connectivity index (χ0v) is 10.6. The summed E-state index contributed by atoms with van der Waals surface area (Å²) in [5.41, 5.74) is 1.42. The molecule has 0 aromatic heterocycles. The van der Waals surface area contributed by atoms with E-state index in [4.69, 9.17) is 4.42 Å². The first kappa shape index (κ1) is 11.2. The summed E-state index contributed by atoms with van der Waals surface area (Å²) in [7, 11) is 0. The minimum atomic E-state index is -0.0373. The number of Topliss-reactive ketones (excluding diaryl/α,β-unsaturated/α-hetero) is 1. The molecule has 0 saturated carbocycles. The number of carbonyl (C=O) groups is 1. The number of benzene rings is 1. The van der Waals surface area contributed by atoms with E-state index in [0.717, 1.165) is 26.8 Å². The number of rotatable bonds is 0. The molecule has 0 unspecified atom stereocenters. The quantitative estimate of drug-likeness (QED) is 0.616. The Balaban J connectivity index is 2.26. The van der Waals surface area contributed by atoms with Crippen LogP contribution in [0.2, 0.25) is 0 Å². The molecule has 1 aliphatic heterocycles. The Labute approximate surface area is 113 Å². The van der Waals surface area contributed by atoms with E-state index < -0.39 is 0 Å². The van der Waals surface area contributed by atoms with Crippen LogP contribution in [0.5, 0.6) is 0 Å². The molecule has 0 saturated heterocycles. The molecule has 4 rings (SSSR count). The molecule has 0 spiro atoms. The lowest BCUT2D eigenvalue weighted by molar-refractivity contribution is -0.112. The van der Waals surface area contributed by atoms with Crippen molar-refractivity contribution in [1.82, 2.24) is 0 Å². The summed E-state index contributed by atoms with van der Waals surface area (Å²) in [4.78, 5) is 23.3. The highest BCUT2D eigenvalue weighted by Crippen LogP contribution is 2.25. The lowest BCUT2D eigenvalue weighted by atomic mass is 9.99. The van der Waals surface area contributed by atoms with Gasteiger partial charge in [-0.25, -0.2) is 0 Å². The van der Waals surface area contributed by atoms with Gasteiger partial charge >= 0.3 is 0 Å². The summed E-state index contributed by atoms with van der Waals surface area (Å²) in [5.74, 6) is 0.106. The number of ketones is 1. The highest BCUT2D eigenvalue weighted by molar-refractivity contribution is 6.10. The van der Waals surface area contributed by atoms with Crippen LogP contribution in [0.25, 0.3) is 34.1 Å². The van der Waals surface area contributed by atoms with Gasteiger partial charge < -0.3 is 4.42 Å². The highest BCUT2D eigenvalue weighted by Gasteiger charge is 2.12. The van der Waals surface area contributed by atoms with Crippen molar-refractivity contribution in [1.29, 1.82) is 0 Å². The van der Waals surface area contributed by atoms with Gasteiger partial charge in [0.25, 0.3) is 0 Å². The fraction of sp³-hybridized carbons (Fsp3) is 0.0588. The molecule has 0 atom stereocenters. The second-order valence-corrected chi connectivity index (χ2v) is 4.95. The van der Waals surface area contributed by atoms with Crippen LogP contribution in [0.15, 0.2) is 46.0 Å². The molecular weight excluding hydrogens is 252 g/mol. The van der Waals surface area contributed by atoms with Crippen molar-refractivity contribution >= 4 is 28.7 Å². The van der Waals surface area contributed by atoms with E-state index in [0.29, 0.717) is 12.0 Å². The van der Waals surface area contributed by atoms with Gasteiger partial charge in [-0.1, -0.05) is 18.2 Å². The molecule has 0 fully saturated rings. The lowest BCUT2D eigenvalue weighted by Gasteiger charge is -2.03. The average molecular weight is 262 g/mol. The third-order valence-corrected chi connectivity index (χ3v) is 3.76. The Bertz CT molecular complexity index is 1010. The van der Waals surface area contributed by atoms with Gasteiger partial charge in [0.15, 0.2) is 11.2 Å². The monoisotopic (exact) mass is 262 g/mol. The van der Waals surface area contributed by atoms with Crippen molar-refractivity contribution in [2.45, 2.75) is 6.42 Å². The maximum atomic E-state index is 11.8. The summed E-state index contributed by atoms with van der Waals surface area (Å²) in [5, 5.41) is 3.79. The largest absolute Gasteiger partial charge is 0.471 e. The Kier molecular flexibility index (Phi) is 2.18. The molecule has 3 heteroatoms. The lowest BCUT2D eigenvalue weighted by Crippen LogP contribution is -2.29. The van der Waals surface area contributed by atoms with E-state index in [-0.39, 0.29) is 11.2 Å². The summed E-state index contributed by atoms with van der Waals surface area (Å²) >= 11 is 0. The molecule has 0 bridgehead atoms. The minimum absolute atomic E-state index is 0.0373. The molecule has 3 nitrogen and oxygen atoms in total. The third kappa shape index (κ3) is 1.46. The van der Waals surface area contributed by atoms with E-state index in [9.17, 15) is 9.59 Å². The summed E-state index contributed by atoms with van der Waals surface area (Å²) in [6, 6.07) is 7.23. The van der Waals surface area contributed by atoms with Gasteiger partial charge in [0.2, 0.25) is 0 Å². The first-order valence-electron chi connectivity index (χ1n) is 6.41. The fourth-order valence-corrected chi connectivity index (χ4v) is 2.80. The zero-order valence-electron chi connectivity index (χ0n) is 10.6.